The van der Waals surface area contributed by atoms with E-state index in [-0.39, 0.29) is 0 Å². The molecule has 1 aliphatic heterocycles. The molecular formula is C28H29N3O3S. The van der Waals surface area contributed by atoms with Gasteiger partial charge in [0.15, 0.2) is 0 Å². The lowest BCUT2D eigenvalue weighted by molar-refractivity contribution is -0.282. The molecule has 1 aliphatic rings. The maximum absolute atomic E-state index is 6.14. The van der Waals surface area contributed by atoms with Gasteiger partial charge in [0.05, 0.1) is 19.8 Å². The molecule has 180 valence electrons. The summed E-state index contributed by atoms with van der Waals surface area (Å²) in [5.41, 5.74) is 5.66. The van der Waals surface area contributed by atoms with Gasteiger partial charge >= 0.3 is 0 Å². The van der Waals surface area contributed by atoms with Crippen LogP contribution in [-0.4, -0.2) is 36.5 Å². The predicted molar refractivity (Wildman–Crippen MR) is 139 cm³/mol. The molecule has 4 aromatic rings. The van der Waals surface area contributed by atoms with Gasteiger partial charge in [0.2, 0.25) is 0 Å². The van der Waals surface area contributed by atoms with E-state index in [4.69, 9.17) is 9.62 Å². The molecule has 35 heavy (non-hydrogen) atoms. The van der Waals surface area contributed by atoms with Crippen molar-refractivity contribution in [2.24, 2.45) is 0 Å². The fourth-order valence-corrected chi connectivity index (χ4v) is 5.07. The summed E-state index contributed by atoms with van der Waals surface area (Å²) in [6, 6.07) is 27.2. The van der Waals surface area contributed by atoms with Crippen LogP contribution in [0.4, 0.5) is 5.69 Å². The highest BCUT2D eigenvalue weighted by Gasteiger charge is 2.20. The van der Waals surface area contributed by atoms with Crippen LogP contribution in [0.25, 0.3) is 21.1 Å². The molecule has 7 heteroatoms. The fraction of sp³-hybridized carbons (Fsp3) is 0.286. The van der Waals surface area contributed by atoms with E-state index >= 15 is 0 Å². The highest BCUT2D eigenvalue weighted by molar-refractivity contribution is 7.17. The minimum atomic E-state index is 0.326. The minimum absolute atomic E-state index is 0.326. The Balaban J connectivity index is 1.15. The molecule has 1 fully saturated rings. The van der Waals surface area contributed by atoms with Gasteiger partial charge in [-0.15, -0.1) is 10.2 Å². The van der Waals surface area contributed by atoms with E-state index < -0.39 is 0 Å². The third kappa shape index (κ3) is 6.13. The Morgan fingerprint density at radius 2 is 1.37 bits per heavy atom. The molecule has 0 spiro atoms. The van der Waals surface area contributed by atoms with Crippen LogP contribution in [0.5, 0.6) is 0 Å². The van der Waals surface area contributed by atoms with Crippen LogP contribution in [0.2, 0.25) is 0 Å². The summed E-state index contributed by atoms with van der Waals surface area (Å²) in [7, 11) is 1.51. The Bertz CT molecular complexity index is 1190. The zero-order valence-electron chi connectivity index (χ0n) is 19.8. The standard InChI is InChI=1S/C28H29N3O3S/c1-32-34-20-22-7-9-23(10-8-22)27-29-30-28(35-27)24-11-13-25(14-12-24)31-17-15-26(16-18-31)33-19-21-5-3-2-4-6-21/h2-14,26H,15-20H2,1H3. The normalized spacial score (nSPS) is 14.4. The Kier molecular flexibility index (Phi) is 7.80. The molecule has 0 N–H and O–H groups in total. The highest BCUT2D eigenvalue weighted by Crippen LogP contribution is 2.32. The van der Waals surface area contributed by atoms with Crippen molar-refractivity contribution in [1.29, 1.82) is 0 Å². The highest BCUT2D eigenvalue weighted by atomic mass is 32.1. The monoisotopic (exact) mass is 487 g/mol. The van der Waals surface area contributed by atoms with Crippen molar-refractivity contribution in [1.82, 2.24) is 10.2 Å². The molecule has 6 nitrogen and oxygen atoms in total. The van der Waals surface area contributed by atoms with Gasteiger partial charge < -0.3 is 9.64 Å². The van der Waals surface area contributed by atoms with Crippen molar-refractivity contribution in [3.8, 4) is 21.1 Å². The van der Waals surface area contributed by atoms with Gasteiger partial charge in [0.25, 0.3) is 0 Å². The number of piperidine rings is 1. The van der Waals surface area contributed by atoms with Gasteiger partial charge in [0, 0.05) is 29.9 Å². The average Bonchev–Trinajstić information content (AvgIpc) is 3.42. The van der Waals surface area contributed by atoms with E-state index in [1.807, 2.05) is 30.3 Å². The number of benzene rings is 3. The first-order valence-electron chi connectivity index (χ1n) is 11.9. The van der Waals surface area contributed by atoms with Crippen LogP contribution in [0.15, 0.2) is 78.9 Å². The Labute approximate surface area is 210 Å². The van der Waals surface area contributed by atoms with Crippen LogP contribution < -0.4 is 4.90 Å². The summed E-state index contributed by atoms with van der Waals surface area (Å²) in [5, 5.41) is 10.7. The Hall–Kier alpha value is -3.10. The Morgan fingerprint density at radius 3 is 2.00 bits per heavy atom. The molecule has 0 bridgehead atoms. The zero-order chi connectivity index (χ0) is 23.9. The molecule has 1 saturated heterocycles. The fourth-order valence-electron chi connectivity index (χ4n) is 4.21. The van der Waals surface area contributed by atoms with Gasteiger partial charge in [-0.25, -0.2) is 9.78 Å². The number of hydrogen-bond acceptors (Lipinski definition) is 7. The van der Waals surface area contributed by atoms with Crippen molar-refractivity contribution >= 4 is 17.0 Å². The predicted octanol–water partition coefficient (Wildman–Crippen LogP) is 6.14. The van der Waals surface area contributed by atoms with Gasteiger partial charge in [0.1, 0.15) is 16.6 Å². The second kappa shape index (κ2) is 11.6. The van der Waals surface area contributed by atoms with Crippen molar-refractivity contribution in [2.45, 2.75) is 32.2 Å². The van der Waals surface area contributed by atoms with Crippen LogP contribution in [0.1, 0.15) is 24.0 Å². The molecule has 0 aliphatic carbocycles. The van der Waals surface area contributed by atoms with Crippen molar-refractivity contribution < 1.29 is 14.5 Å². The molecule has 0 unspecified atom stereocenters. The topological polar surface area (TPSA) is 56.7 Å². The molecule has 3 aromatic carbocycles. The molecule has 1 aromatic heterocycles. The second-order valence-corrected chi connectivity index (χ2v) is 9.55. The molecule has 2 heterocycles. The van der Waals surface area contributed by atoms with E-state index in [2.05, 4.69) is 68.5 Å². The van der Waals surface area contributed by atoms with E-state index in [1.54, 1.807) is 11.3 Å². The summed E-state index contributed by atoms with van der Waals surface area (Å²) in [4.78, 5) is 12.1. The molecule has 0 saturated carbocycles. The van der Waals surface area contributed by atoms with Crippen LogP contribution in [-0.2, 0) is 27.7 Å². The maximum atomic E-state index is 6.14. The maximum Gasteiger partial charge on any atom is 0.148 e. The van der Waals surface area contributed by atoms with Crippen LogP contribution in [0, 0.1) is 0 Å². The summed E-state index contributed by atoms with van der Waals surface area (Å²) in [5.74, 6) is 0. The second-order valence-electron chi connectivity index (χ2n) is 8.57. The SMILES string of the molecule is COOCc1ccc(-c2nnc(-c3ccc(N4CCC(OCc5ccccc5)CC4)cc3)s2)cc1. The van der Waals surface area contributed by atoms with Gasteiger partial charge in [-0.2, -0.15) is 0 Å². The van der Waals surface area contributed by atoms with E-state index in [0.29, 0.717) is 19.3 Å². The first-order valence-corrected chi connectivity index (χ1v) is 12.7. The summed E-state index contributed by atoms with van der Waals surface area (Å²) < 4.78 is 6.14. The number of hydrogen-bond donors (Lipinski definition) is 0. The van der Waals surface area contributed by atoms with Gasteiger partial charge in [-0.05, 0) is 48.2 Å². The minimum Gasteiger partial charge on any atom is -0.373 e. The first kappa shape index (κ1) is 23.6. The lowest BCUT2D eigenvalue weighted by Crippen LogP contribution is -2.36. The lowest BCUT2D eigenvalue weighted by atomic mass is 10.1. The van der Waals surface area contributed by atoms with Gasteiger partial charge in [-0.3, -0.25) is 0 Å². The van der Waals surface area contributed by atoms with E-state index in [1.165, 1.54) is 18.4 Å². The number of rotatable bonds is 9. The van der Waals surface area contributed by atoms with Crippen LogP contribution in [0.3, 0.4) is 0 Å². The number of anilines is 1. The number of aromatic nitrogens is 2. The molecule has 0 radical (unpaired) electrons. The van der Waals surface area contributed by atoms with Crippen molar-refractivity contribution in [3.05, 3.63) is 90.0 Å². The number of ether oxygens (including phenoxy) is 1. The first-order chi connectivity index (χ1) is 17.3. The lowest BCUT2D eigenvalue weighted by Gasteiger charge is -2.33. The quantitative estimate of drug-likeness (QED) is 0.209. The van der Waals surface area contributed by atoms with E-state index in [9.17, 15) is 0 Å². The van der Waals surface area contributed by atoms with Crippen molar-refractivity contribution in [2.75, 3.05) is 25.1 Å². The van der Waals surface area contributed by atoms with Crippen molar-refractivity contribution in [3.63, 3.8) is 0 Å². The Morgan fingerprint density at radius 1 is 0.771 bits per heavy atom. The average molecular weight is 488 g/mol. The summed E-state index contributed by atoms with van der Waals surface area (Å²) in [6.45, 7) is 3.12. The summed E-state index contributed by atoms with van der Waals surface area (Å²) in [6.07, 6.45) is 2.42. The molecule has 0 amide bonds. The zero-order valence-corrected chi connectivity index (χ0v) is 20.6. The third-order valence-corrected chi connectivity index (χ3v) is 7.24. The largest absolute Gasteiger partial charge is 0.373 e. The molecule has 5 rings (SSSR count). The third-order valence-electron chi connectivity index (χ3n) is 6.22. The van der Waals surface area contributed by atoms with Gasteiger partial charge in [-0.1, -0.05) is 65.9 Å². The molecule has 0 atom stereocenters. The smallest absolute Gasteiger partial charge is 0.148 e. The number of nitrogens with zero attached hydrogens (tertiary/aromatic N) is 3. The summed E-state index contributed by atoms with van der Waals surface area (Å²) >= 11 is 1.60. The molecular weight excluding hydrogens is 458 g/mol. The van der Waals surface area contributed by atoms with Crippen LogP contribution >= 0.6 is 11.3 Å². The van der Waals surface area contributed by atoms with E-state index in [0.717, 1.165) is 52.6 Å².